The lowest BCUT2D eigenvalue weighted by molar-refractivity contribution is 0.148. The first-order valence-corrected chi connectivity index (χ1v) is 10.8. The Morgan fingerprint density at radius 3 is 2.39 bits per heavy atom. The van der Waals surface area contributed by atoms with E-state index < -0.39 is 0 Å². The SMILES string of the molecule is CCCc1ccc2c(c1)CC=C(c1ccccc1)C(N1CCN(CCO)CC1)=N2.Cl.Cl. The number of aliphatic imine (C=N–C) groups is 1. The molecular formula is C25H33Cl2N3O. The van der Waals surface area contributed by atoms with Gasteiger partial charge in [0.05, 0.1) is 12.3 Å². The Morgan fingerprint density at radius 1 is 0.968 bits per heavy atom. The molecule has 6 heteroatoms. The minimum atomic E-state index is 0. The van der Waals surface area contributed by atoms with Crippen molar-refractivity contribution in [1.82, 2.24) is 9.80 Å². The topological polar surface area (TPSA) is 39.1 Å². The molecule has 31 heavy (non-hydrogen) atoms. The highest BCUT2D eigenvalue weighted by atomic mass is 35.5. The van der Waals surface area contributed by atoms with Crippen LogP contribution in [-0.4, -0.2) is 60.1 Å². The first kappa shape index (κ1) is 25.4. The predicted molar refractivity (Wildman–Crippen MR) is 135 cm³/mol. The van der Waals surface area contributed by atoms with Gasteiger partial charge < -0.3 is 10.0 Å². The van der Waals surface area contributed by atoms with Crippen LogP contribution in [0.1, 0.15) is 30.0 Å². The summed E-state index contributed by atoms with van der Waals surface area (Å²) in [5.41, 5.74) is 6.27. The molecular weight excluding hydrogens is 429 g/mol. The van der Waals surface area contributed by atoms with Gasteiger partial charge in [0, 0.05) is 38.3 Å². The highest BCUT2D eigenvalue weighted by molar-refractivity contribution is 6.23. The molecule has 1 fully saturated rings. The molecule has 2 aromatic carbocycles. The summed E-state index contributed by atoms with van der Waals surface area (Å²) in [6.07, 6.45) is 5.55. The number of piperazine rings is 1. The van der Waals surface area contributed by atoms with Crippen molar-refractivity contribution in [3.05, 3.63) is 71.3 Å². The number of amidine groups is 1. The second-order valence-electron chi connectivity index (χ2n) is 7.89. The second kappa shape index (κ2) is 12.3. The van der Waals surface area contributed by atoms with Crippen molar-refractivity contribution in [3.8, 4) is 0 Å². The van der Waals surface area contributed by atoms with E-state index in [1.54, 1.807) is 0 Å². The van der Waals surface area contributed by atoms with E-state index in [0.717, 1.165) is 63.5 Å². The van der Waals surface area contributed by atoms with Crippen molar-refractivity contribution < 1.29 is 5.11 Å². The number of hydrogen-bond acceptors (Lipinski definition) is 4. The van der Waals surface area contributed by atoms with E-state index in [0.29, 0.717) is 0 Å². The number of benzene rings is 2. The Morgan fingerprint density at radius 2 is 1.71 bits per heavy atom. The van der Waals surface area contributed by atoms with Gasteiger partial charge in [0.1, 0.15) is 5.84 Å². The summed E-state index contributed by atoms with van der Waals surface area (Å²) >= 11 is 0. The number of halogens is 2. The van der Waals surface area contributed by atoms with Gasteiger partial charge in [-0.05, 0) is 35.6 Å². The van der Waals surface area contributed by atoms with Crippen LogP contribution in [0.3, 0.4) is 0 Å². The maximum atomic E-state index is 9.24. The van der Waals surface area contributed by atoms with Gasteiger partial charge in [0.15, 0.2) is 0 Å². The van der Waals surface area contributed by atoms with E-state index in [2.05, 4.69) is 71.3 Å². The third-order valence-electron chi connectivity index (χ3n) is 5.85. The zero-order valence-corrected chi connectivity index (χ0v) is 19.8. The number of β-amino-alcohol motifs (C(OH)–C–C–N with tert-alkyl or cyclic N) is 1. The second-order valence-corrected chi connectivity index (χ2v) is 7.89. The van der Waals surface area contributed by atoms with Crippen molar-refractivity contribution in [2.45, 2.75) is 26.2 Å². The molecule has 0 saturated carbocycles. The van der Waals surface area contributed by atoms with Gasteiger partial charge >= 0.3 is 0 Å². The molecule has 1 saturated heterocycles. The van der Waals surface area contributed by atoms with E-state index in [-0.39, 0.29) is 31.4 Å². The Bertz CT molecular complexity index is 891. The molecule has 2 heterocycles. The van der Waals surface area contributed by atoms with Gasteiger partial charge in [-0.2, -0.15) is 0 Å². The maximum absolute atomic E-state index is 9.24. The van der Waals surface area contributed by atoms with E-state index in [1.165, 1.54) is 22.3 Å². The smallest absolute Gasteiger partial charge is 0.136 e. The van der Waals surface area contributed by atoms with Crippen LogP contribution in [0.4, 0.5) is 5.69 Å². The Kier molecular flexibility index (Phi) is 10.0. The molecule has 0 aliphatic carbocycles. The van der Waals surface area contributed by atoms with Crippen LogP contribution in [0.25, 0.3) is 5.57 Å². The fraction of sp³-hybridized carbons (Fsp3) is 0.400. The van der Waals surface area contributed by atoms with Crippen molar-refractivity contribution >= 4 is 41.9 Å². The monoisotopic (exact) mass is 461 g/mol. The molecule has 0 unspecified atom stereocenters. The highest BCUT2D eigenvalue weighted by Gasteiger charge is 2.24. The predicted octanol–water partition coefficient (Wildman–Crippen LogP) is 4.76. The maximum Gasteiger partial charge on any atom is 0.136 e. The largest absolute Gasteiger partial charge is 0.395 e. The number of aryl methyl sites for hydroxylation is 1. The minimum absolute atomic E-state index is 0. The first-order valence-electron chi connectivity index (χ1n) is 10.8. The Labute approximate surface area is 198 Å². The van der Waals surface area contributed by atoms with Crippen molar-refractivity contribution in [1.29, 1.82) is 0 Å². The standard InChI is InChI=1S/C25H31N3O.2ClH/c1-2-6-20-9-12-24-22(19-20)10-11-23(21-7-4-3-5-8-21)25(26-24)28-15-13-27(14-16-28)17-18-29;;/h3-5,7-9,11-12,19,29H,2,6,10,13-18H2,1H3;2*1H. The van der Waals surface area contributed by atoms with Crippen molar-refractivity contribution in [3.63, 3.8) is 0 Å². The zero-order chi connectivity index (χ0) is 20.1. The van der Waals surface area contributed by atoms with Gasteiger partial charge in [0.25, 0.3) is 0 Å². The summed E-state index contributed by atoms with van der Waals surface area (Å²) in [6.45, 7) is 7.01. The summed E-state index contributed by atoms with van der Waals surface area (Å²) < 4.78 is 0. The zero-order valence-electron chi connectivity index (χ0n) is 18.2. The number of nitrogens with zero attached hydrogens (tertiary/aromatic N) is 3. The summed E-state index contributed by atoms with van der Waals surface area (Å²) in [4.78, 5) is 9.94. The van der Waals surface area contributed by atoms with Gasteiger partial charge in [-0.15, -0.1) is 24.8 Å². The molecule has 0 radical (unpaired) electrons. The number of fused-ring (bicyclic) bond motifs is 1. The van der Waals surface area contributed by atoms with Crippen LogP contribution in [-0.2, 0) is 12.8 Å². The summed E-state index contributed by atoms with van der Waals surface area (Å²) in [5, 5.41) is 9.24. The fourth-order valence-corrected chi connectivity index (χ4v) is 4.26. The molecule has 0 bridgehead atoms. The fourth-order valence-electron chi connectivity index (χ4n) is 4.26. The van der Waals surface area contributed by atoms with Crippen LogP contribution in [0, 0.1) is 0 Å². The van der Waals surface area contributed by atoms with E-state index in [1.807, 2.05) is 0 Å². The van der Waals surface area contributed by atoms with Gasteiger partial charge in [0.2, 0.25) is 0 Å². The van der Waals surface area contributed by atoms with Crippen molar-refractivity contribution in [2.75, 3.05) is 39.3 Å². The Hall–Kier alpha value is -1.85. The molecule has 0 amide bonds. The summed E-state index contributed by atoms with van der Waals surface area (Å²) in [6, 6.07) is 17.4. The van der Waals surface area contributed by atoms with E-state index in [4.69, 9.17) is 4.99 Å². The number of aliphatic hydroxyl groups excluding tert-OH is 1. The molecule has 168 valence electrons. The summed E-state index contributed by atoms with van der Waals surface area (Å²) in [7, 11) is 0. The van der Waals surface area contributed by atoms with Crippen LogP contribution in [0.15, 0.2) is 59.6 Å². The van der Waals surface area contributed by atoms with Crippen molar-refractivity contribution in [2.24, 2.45) is 4.99 Å². The molecule has 4 nitrogen and oxygen atoms in total. The normalized spacial score (nSPS) is 16.3. The number of rotatable bonds is 5. The summed E-state index contributed by atoms with van der Waals surface area (Å²) in [5.74, 6) is 1.09. The molecule has 0 spiro atoms. The molecule has 2 aromatic rings. The van der Waals surface area contributed by atoms with E-state index >= 15 is 0 Å². The van der Waals surface area contributed by atoms with E-state index in [9.17, 15) is 5.11 Å². The molecule has 2 aliphatic heterocycles. The van der Waals surface area contributed by atoms with Crippen LogP contribution < -0.4 is 0 Å². The van der Waals surface area contributed by atoms with Crippen LogP contribution in [0.5, 0.6) is 0 Å². The molecule has 1 N–H and O–H groups in total. The average Bonchev–Trinajstić information content (AvgIpc) is 2.95. The van der Waals surface area contributed by atoms with Crippen LogP contribution in [0.2, 0.25) is 0 Å². The lowest BCUT2D eigenvalue weighted by atomic mass is 10.00. The van der Waals surface area contributed by atoms with Crippen LogP contribution >= 0.6 is 24.8 Å². The highest BCUT2D eigenvalue weighted by Crippen LogP contribution is 2.31. The molecule has 0 aromatic heterocycles. The molecule has 0 atom stereocenters. The third kappa shape index (κ3) is 6.11. The Balaban J connectivity index is 0.00000171. The average molecular weight is 462 g/mol. The third-order valence-corrected chi connectivity index (χ3v) is 5.85. The van der Waals surface area contributed by atoms with Gasteiger partial charge in [-0.25, -0.2) is 4.99 Å². The lowest BCUT2D eigenvalue weighted by Gasteiger charge is -2.36. The quantitative estimate of drug-likeness (QED) is 0.697. The molecule has 2 aliphatic rings. The number of hydrogen-bond donors (Lipinski definition) is 1. The van der Waals surface area contributed by atoms with Gasteiger partial charge in [-0.3, -0.25) is 4.90 Å². The number of allylic oxidation sites excluding steroid dienone is 1. The van der Waals surface area contributed by atoms with Gasteiger partial charge in [-0.1, -0.05) is 61.9 Å². The first-order chi connectivity index (χ1) is 14.3. The molecule has 4 rings (SSSR count). The minimum Gasteiger partial charge on any atom is -0.395 e. The lowest BCUT2D eigenvalue weighted by Crippen LogP contribution is -2.49. The number of aliphatic hydroxyl groups is 1.